The maximum absolute atomic E-state index is 12.0. The van der Waals surface area contributed by atoms with Gasteiger partial charge in [0.2, 0.25) is 10.0 Å². The molecule has 1 saturated carbocycles. The van der Waals surface area contributed by atoms with Crippen LogP contribution in [-0.2, 0) is 10.0 Å². The number of nitrogens with one attached hydrogen (secondary N) is 1. The lowest BCUT2D eigenvalue weighted by molar-refractivity contribution is 0.418. The number of benzene rings is 1. The van der Waals surface area contributed by atoms with Crippen molar-refractivity contribution in [1.29, 1.82) is 0 Å². The minimum absolute atomic E-state index is 0.324. The fourth-order valence-electron chi connectivity index (χ4n) is 2.49. The van der Waals surface area contributed by atoms with Gasteiger partial charge in [-0.15, -0.1) is 11.6 Å². The van der Waals surface area contributed by atoms with Gasteiger partial charge in [-0.3, -0.25) is 0 Å². The first-order valence-electron chi connectivity index (χ1n) is 6.24. The largest absolute Gasteiger partial charge is 0.240 e. The minimum Gasteiger partial charge on any atom is -0.211 e. The predicted molar refractivity (Wildman–Crippen MR) is 73.2 cm³/mol. The minimum atomic E-state index is -3.37. The van der Waals surface area contributed by atoms with Crippen molar-refractivity contribution in [2.24, 2.45) is 11.8 Å². The molecule has 0 spiro atoms. The SMILES string of the molecule is O=S(=O)(NCC1CCCC1CCl)c1ccccc1. The van der Waals surface area contributed by atoms with E-state index in [2.05, 4.69) is 4.72 Å². The van der Waals surface area contributed by atoms with Crippen LogP contribution in [0.3, 0.4) is 0 Å². The normalized spacial score (nSPS) is 24.3. The first kappa shape index (κ1) is 13.8. The van der Waals surface area contributed by atoms with Crippen LogP contribution < -0.4 is 4.72 Å². The van der Waals surface area contributed by atoms with Crippen molar-refractivity contribution in [3.63, 3.8) is 0 Å². The van der Waals surface area contributed by atoms with Crippen LogP contribution in [0.2, 0.25) is 0 Å². The highest BCUT2D eigenvalue weighted by molar-refractivity contribution is 7.89. The Morgan fingerprint density at radius 2 is 1.83 bits per heavy atom. The first-order chi connectivity index (χ1) is 8.63. The van der Waals surface area contributed by atoms with E-state index in [0.717, 1.165) is 19.3 Å². The van der Waals surface area contributed by atoms with E-state index in [1.54, 1.807) is 30.3 Å². The van der Waals surface area contributed by atoms with Gasteiger partial charge in [0, 0.05) is 12.4 Å². The summed E-state index contributed by atoms with van der Waals surface area (Å²) in [6.45, 7) is 0.495. The maximum Gasteiger partial charge on any atom is 0.240 e. The molecule has 0 radical (unpaired) electrons. The Morgan fingerprint density at radius 3 is 2.50 bits per heavy atom. The first-order valence-corrected chi connectivity index (χ1v) is 8.26. The Balaban J connectivity index is 1.98. The van der Waals surface area contributed by atoms with Crippen LogP contribution in [0.15, 0.2) is 35.2 Å². The molecule has 1 N–H and O–H groups in total. The highest BCUT2D eigenvalue weighted by Gasteiger charge is 2.27. The Bertz CT molecular complexity index is 475. The van der Waals surface area contributed by atoms with Crippen LogP contribution >= 0.6 is 11.6 Å². The smallest absolute Gasteiger partial charge is 0.211 e. The van der Waals surface area contributed by atoms with Crippen LogP contribution in [-0.4, -0.2) is 20.8 Å². The Labute approximate surface area is 114 Å². The molecule has 0 heterocycles. The number of alkyl halides is 1. The van der Waals surface area contributed by atoms with Gasteiger partial charge in [-0.05, 0) is 36.8 Å². The zero-order chi connectivity index (χ0) is 13.0. The highest BCUT2D eigenvalue weighted by Crippen LogP contribution is 2.32. The lowest BCUT2D eigenvalue weighted by atomic mass is 9.98. The molecule has 1 aliphatic carbocycles. The van der Waals surface area contributed by atoms with E-state index in [4.69, 9.17) is 11.6 Å². The van der Waals surface area contributed by atoms with Gasteiger partial charge in [0.05, 0.1) is 4.90 Å². The van der Waals surface area contributed by atoms with E-state index < -0.39 is 10.0 Å². The third-order valence-electron chi connectivity index (χ3n) is 3.60. The van der Waals surface area contributed by atoms with Crippen molar-refractivity contribution < 1.29 is 8.42 Å². The monoisotopic (exact) mass is 287 g/mol. The van der Waals surface area contributed by atoms with E-state index >= 15 is 0 Å². The van der Waals surface area contributed by atoms with Crippen LogP contribution in [0.1, 0.15) is 19.3 Å². The van der Waals surface area contributed by atoms with Crippen molar-refractivity contribution in [2.75, 3.05) is 12.4 Å². The van der Waals surface area contributed by atoms with E-state index in [9.17, 15) is 8.42 Å². The summed E-state index contributed by atoms with van der Waals surface area (Å²) in [6, 6.07) is 8.48. The molecule has 1 aliphatic rings. The maximum atomic E-state index is 12.0. The molecule has 1 aromatic carbocycles. The molecule has 0 bridgehead atoms. The molecule has 18 heavy (non-hydrogen) atoms. The van der Waals surface area contributed by atoms with E-state index in [1.165, 1.54) is 0 Å². The molecule has 0 aliphatic heterocycles. The number of sulfonamides is 1. The fraction of sp³-hybridized carbons (Fsp3) is 0.538. The molecular weight excluding hydrogens is 270 g/mol. The standard InChI is InChI=1S/C13H18ClNO2S/c14-9-11-5-4-6-12(11)10-15-18(16,17)13-7-2-1-3-8-13/h1-3,7-8,11-12,15H,4-6,9-10H2. The van der Waals surface area contributed by atoms with Gasteiger partial charge >= 0.3 is 0 Å². The molecule has 100 valence electrons. The summed E-state index contributed by atoms with van der Waals surface area (Å²) in [5.41, 5.74) is 0. The van der Waals surface area contributed by atoms with Crippen LogP contribution in [0.4, 0.5) is 0 Å². The van der Waals surface area contributed by atoms with Crippen molar-refractivity contribution in [2.45, 2.75) is 24.2 Å². The van der Waals surface area contributed by atoms with Crippen molar-refractivity contribution in [1.82, 2.24) is 4.72 Å². The summed E-state index contributed by atoms with van der Waals surface area (Å²) in [7, 11) is -3.37. The zero-order valence-corrected chi connectivity index (χ0v) is 11.8. The Hall–Kier alpha value is -0.580. The molecule has 2 unspecified atom stereocenters. The molecule has 0 aromatic heterocycles. The van der Waals surface area contributed by atoms with Gasteiger partial charge in [0.1, 0.15) is 0 Å². The molecular formula is C13H18ClNO2S. The molecule has 2 rings (SSSR count). The molecule has 2 atom stereocenters. The summed E-state index contributed by atoms with van der Waals surface area (Å²) in [5, 5.41) is 0. The lowest BCUT2D eigenvalue weighted by Crippen LogP contribution is -2.31. The molecule has 1 aromatic rings. The van der Waals surface area contributed by atoms with E-state index in [-0.39, 0.29) is 0 Å². The third-order valence-corrected chi connectivity index (χ3v) is 5.44. The average molecular weight is 288 g/mol. The van der Waals surface area contributed by atoms with Crippen molar-refractivity contribution in [3.05, 3.63) is 30.3 Å². The Morgan fingerprint density at radius 1 is 1.17 bits per heavy atom. The van der Waals surface area contributed by atoms with Gasteiger partial charge in [-0.2, -0.15) is 0 Å². The third kappa shape index (κ3) is 3.25. The van der Waals surface area contributed by atoms with Crippen molar-refractivity contribution in [3.8, 4) is 0 Å². The van der Waals surface area contributed by atoms with E-state index in [1.807, 2.05) is 0 Å². The summed E-state index contributed by atoms with van der Waals surface area (Å²) in [5.74, 6) is 1.45. The average Bonchev–Trinajstić information content (AvgIpc) is 2.85. The van der Waals surface area contributed by atoms with E-state index in [0.29, 0.717) is 29.2 Å². The van der Waals surface area contributed by atoms with Gasteiger partial charge in [0.15, 0.2) is 0 Å². The number of hydrogen-bond donors (Lipinski definition) is 1. The zero-order valence-electron chi connectivity index (χ0n) is 10.2. The summed E-state index contributed by atoms with van der Waals surface area (Å²) in [4.78, 5) is 0.324. The van der Waals surface area contributed by atoms with Gasteiger partial charge in [-0.1, -0.05) is 24.6 Å². The topological polar surface area (TPSA) is 46.2 Å². The predicted octanol–water partition coefficient (Wildman–Crippen LogP) is 2.62. The van der Waals surface area contributed by atoms with Crippen LogP contribution in [0.5, 0.6) is 0 Å². The summed E-state index contributed by atoms with van der Waals surface area (Å²) >= 11 is 5.89. The molecule has 1 fully saturated rings. The van der Waals surface area contributed by atoms with Gasteiger partial charge in [0.25, 0.3) is 0 Å². The van der Waals surface area contributed by atoms with Crippen LogP contribution in [0, 0.1) is 11.8 Å². The Kier molecular flexibility index (Phi) is 4.65. The number of rotatable bonds is 5. The quantitative estimate of drug-likeness (QED) is 0.846. The summed E-state index contributed by atoms with van der Waals surface area (Å²) in [6.07, 6.45) is 3.32. The molecule has 0 amide bonds. The van der Waals surface area contributed by atoms with Gasteiger partial charge in [-0.25, -0.2) is 13.1 Å². The van der Waals surface area contributed by atoms with Gasteiger partial charge < -0.3 is 0 Å². The molecule has 5 heteroatoms. The number of hydrogen-bond acceptors (Lipinski definition) is 2. The number of halogens is 1. The fourth-order valence-corrected chi connectivity index (χ4v) is 4.01. The molecule has 0 saturated heterocycles. The highest BCUT2D eigenvalue weighted by atomic mass is 35.5. The lowest BCUT2D eigenvalue weighted by Gasteiger charge is -2.17. The summed E-state index contributed by atoms with van der Waals surface area (Å²) < 4.78 is 26.8. The van der Waals surface area contributed by atoms with Crippen molar-refractivity contribution >= 4 is 21.6 Å². The second kappa shape index (κ2) is 6.04. The molecule has 3 nitrogen and oxygen atoms in total. The second-order valence-electron chi connectivity index (χ2n) is 4.77. The van der Waals surface area contributed by atoms with Crippen LogP contribution in [0.25, 0.3) is 0 Å². The second-order valence-corrected chi connectivity index (χ2v) is 6.85.